The first-order chi connectivity index (χ1) is 24.6. The molecule has 2 aliphatic rings. The molecule has 6 rings (SSSR count). The van der Waals surface area contributed by atoms with Gasteiger partial charge in [0.05, 0.1) is 17.7 Å². The fourth-order valence-corrected chi connectivity index (χ4v) is 5.72. The van der Waals surface area contributed by atoms with Crippen molar-refractivity contribution < 1.29 is 38.3 Å². The second-order valence-corrected chi connectivity index (χ2v) is 11.6. The van der Waals surface area contributed by atoms with E-state index in [-0.39, 0.29) is 18.1 Å². The van der Waals surface area contributed by atoms with Crippen LogP contribution in [0.1, 0.15) is 35.3 Å². The number of hydrogen-bond acceptors (Lipinski definition) is 5. The number of aromatic carboxylic acids is 1. The first-order valence-electron chi connectivity index (χ1n) is 16.2. The molecule has 51 heavy (non-hydrogen) atoms. The third kappa shape index (κ3) is 9.10. The molecule has 9 nitrogen and oxygen atoms in total. The summed E-state index contributed by atoms with van der Waals surface area (Å²) in [5, 5.41) is 19.2. The Balaban J connectivity index is 0.00000120. The number of benzene rings is 5. The summed E-state index contributed by atoms with van der Waals surface area (Å²) in [6.45, 7) is 7.76. The zero-order valence-corrected chi connectivity index (χ0v) is 28.4. The summed E-state index contributed by atoms with van der Waals surface area (Å²) < 4.78 is 16.0. The number of nitrogens with zero attached hydrogens (tertiary/aromatic N) is 2. The van der Waals surface area contributed by atoms with Crippen LogP contribution in [0.25, 0.3) is 33.4 Å². The van der Waals surface area contributed by atoms with Crippen LogP contribution in [0.4, 0.5) is 5.69 Å². The number of rotatable bonds is 10. The molecule has 0 saturated heterocycles. The van der Waals surface area contributed by atoms with Gasteiger partial charge in [0.15, 0.2) is 32.1 Å². The molecule has 0 fully saturated rings. The van der Waals surface area contributed by atoms with Gasteiger partial charge in [0.25, 0.3) is 5.97 Å². The Morgan fingerprint density at radius 2 is 1.47 bits per heavy atom. The predicted octanol–water partition coefficient (Wildman–Crippen LogP) is 7.44. The molecule has 0 amide bonds. The zero-order chi connectivity index (χ0) is 36.3. The Morgan fingerprint density at radius 1 is 0.804 bits per heavy atom. The van der Waals surface area contributed by atoms with E-state index in [0.717, 1.165) is 45.6 Å². The maximum Gasteiger partial charge on any atom is 0.336 e. The lowest BCUT2D eigenvalue weighted by atomic mass is 9.90. The van der Waals surface area contributed by atoms with Crippen LogP contribution in [-0.2, 0) is 20.9 Å². The smallest absolute Gasteiger partial charge is 0.336 e. The number of carboxylic acid groups (broad SMARTS) is 2. The standard InChI is InChI=1S/C40H33N2O5.C2H4O2/c1-3-41(26-29-12-6-4-7-13-29)31-18-20-35-37(24-31)47-38-25-32(42(22-23-46-28(2)43)27-30-14-8-5-9-15-30)19-21-36(38)39(35)33-16-10-11-17-34(33)40(44)45;1-2(3)4/h3-21,24-25,27H,1,22-23,26H2,2H3;1H3,(H,3,4)/q+1;/p+1. The van der Waals surface area contributed by atoms with Crippen molar-refractivity contribution in [1.82, 2.24) is 4.58 Å². The van der Waals surface area contributed by atoms with Gasteiger partial charge >= 0.3 is 11.9 Å². The number of fused-ring (bicyclic) bond motifs is 2. The third-order valence-electron chi connectivity index (χ3n) is 7.94. The number of hydrogen-bond donors (Lipinski definition) is 2. The van der Waals surface area contributed by atoms with Crippen molar-refractivity contribution in [3.8, 4) is 22.5 Å². The van der Waals surface area contributed by atoms with Gasteiger partial charge in [-0.25, -0.2) is 4.79 Å². The molecule has 1 aliphatic heterocycles. The van der Waals surface area contributed by atoms with Crippen LogP contribution in [-0.4, -0.2) is 52.1 Å². The molecule has 0 saturated carbocycles. The molecule has 4 aromatic rings. The minimum Gasteiger partial charge on any atom is -0.481 e. The number of ether oxygens (including phenoxy) is 1. The van der Waals surface area contributed by atoms with Crippen LogP contribution in [0.2, 0.25) is 0 Å². The molecule has 4 aromatic carbocycles. The minimum absolute atomic E-state index is 0.199. The van der Waals surface area contributed by atoms with Crippen molar-refractivity contribution in [2.24, 2.45) is 0 Å². The van der Waals surface area contributed by atoms with Gasteiger partial charge in [0.1, 0.15) is 11.3 Å². The van der Waals surface area contributed by atoms with Crippen molar-refractivity contribution in [2.45, 2.75) is 20.4 Å². The molecule has 0 atom stereocenters. The number of aliphatic carboxylic acids is 1. The molecule has 0 spiro atoms. The molecular weight excluding hydrogens is 644 g/mol. The molecule has 2 N–H and O–H groups in total. The number of carboxylic acids is 2. The van der Waals surface area contributed by atoms with Gasteiger partial charge in [-0.15, -0.1) is 0 Å². The van der Waals surface area contributed by atoms with Crippen molar-refractivity contribution in [2.75, 3.05) is 13.2 Å². The van der Waals surface area contributed by atoms with Crippen LogP contribution in [0.3, 0.4) is 0 Å². The van der Waals surface area contributed by atoms with E-state index in [9.17, 15) is 14.7 Å². The Bertz CT molecular complexity index is 2270. The molecule has 0 aromatic heterocycles. The Labute approximate surface area is 295 Å². The molecular formula is C42H38N2O7+2. The summed E-state index contributed by atoms with van der Waals surface area (Å²) in [6.07, 6.45) is 3.78. The van der Waals surface area contributed by atoms with E-state index in [0.29, 0.717) is 30.0 Å². The summed E-state index contributed by atoms with van der Waals surface area (Å²) in [7, 11) is 0. The van der Waals surface area contributed by atoms with Crippen LogP contribution < -0.4 is 9.93 Å². The maximum atomic E-state index is 12.4. The predicted molar refractivity (Wildman–Crippen MR) is 197 cm³/mol. The first-order valence-corrected chi connectivity index (χ1v) is 16.2. The molecule has 256 valence electrons. The van der Waals surface area contributed by atoms with E-state index in [1.165, 1.54) is 6.92 Å². The summed E-state index contributed by atoms with van der Waals surface area (Å²) in [5.74, 6) is -1.59. The quantitative estimate of drug-likeness (QED) is 0.0667. The largest absolute Gasteiger partial charge is 0.481 e. The molecule has 1 heterocycles. The van der Waals surface area contributed by atoms with E-state index >= 15 is 0 Å². The number of esters is 1. The van der Waals surface area contributed by atoms with E-state index in [4.69, 9.17) is 19.1 Å². The van der Waals surface area contributed by atoms with Crippen LogP contribution >= 0.6 is 0 Å². The normalized spacial score (nSPS) is 11.7. The lowest BCUT2D eigenvalue weighted by Gasteiger charge is -2.17. The van der Waals surface area contributed by atoms with E-state index in [1.54, 1.807) is 18.3 Å². The highest BCUT2D eigenvalue weighted by atomic mass is 16.5. The molecule has 9 heteroatoms. The molecule has 0 unspecified atom stereocenters. The molecule has 0 radical (unpaired) electrons. The number of carbonyl (C=O) groups excluding carboxylic acids is 1. The number of carbonyl (C=O) groups is 3. The molecule has 0 bridgehead atoms. The average Bonchev–Trinajstić information content (AvgIpc) is 3.12. The maximum absolute atomic E-state index is 12.4. The first kappa shape index (κ1) is 35.7. The van der Waals surface area contributed by atoms with Crippen LogP contribution in [0.5, 0.6) is 0 Å². The van der Waals surface area contributed by atoms with Crippen molar-refractivity contribution in [1.29, 1.82) is 0 Å². The lowest BCUT2D eigenvalue weighted by Crippen LogP contribution is -2.24. The summed E-state index contributed by atoms with van der Waals surface area (Å²) in [6, 6.07) is 38.9. The Morgan fingerprint density at radius 3 is 2.14 bits per heavy atom. The Hall–Kier alpha value is -6.61. The van der Waals surface area contributed by atoms with Crippen molar-refractivity contribution in [3.63, 3.8) is 0 Å². The van der Waals surface area contributed by atoms with Crippen molar-refractivity contribution in [3.05, 3.63) is 156 Å². The monoisotopic (exact) mass is 682 g/mol. The minimum atomic E-state index is -1.01. The van der Waals surface area contributed by atoms with E-state index in [1.807, 2.05) is 112 Å². The van der Waals surface area contributed by atoms with Gasteiger partial charge in [-0.1, -0.05) is 66.7 Å². The van der Waals surface area contributed by atoms with Gasteiger partial charge in [-0.05, 0) is 42.5 Å². The second-order valence-electron chi connectivity index (χ2n) is 11.6. The third-order valence-corrected chi connectivity index (χ3v) is 7.94. The fourth-order valence-electron chi connectivity index (χ4n) is 5.72. The summed E-state index contributed by atoms with van der Waals surface area (Å²) in [5.41, 5.74) is 5.86. The van der Waals surface area contributed by atoms with Gasteiger partial charge in [-0.2, -0.15) is 9.15 Å². The average molecular weight is 683 g/mol. The highest BCUT2D eigenvalue weighted by Crippen LogP contribution is 2.42. The van der Waals surface area contributed by atoms with Gasteiger partial charge in [0, 0.05) is 53.6 Å². The Kier molecular flexibility index (Phi) is 11.7. The van der Waals surface area contributed by atoms with Crippen molar-refractivity contribution >= 4 is 40.8 Å². The van der Waals surface area contributed by atoms with Gasteiger partial charge in [-0.3, -0.25) is 9.59 Å². The summed E-state index contributed by atoms with van der Waals surface area (Å²) >= 11 is 0. The van der Waals surface area contributed by atoms with Crippen LogP contribution in [0.15, 0.2) is 139 Å². The van der Waals surface area contributed by atoms with E-state index in [2.05, 4.69) is 18.7 Å². The van der Waals surface area contributed by atoms with E-state index < -0.39 is 11.9 Å². The second kappa shape index (κ2) is 16.7. The highest BCUT2D eigenvalue weighted by molar-refractivity contribution is 6.07. The fraction of sp³-hybridized carbons (Fsp3) is 0.119. The highest BCUT2D eigenvalue weighted by Gasteiger charge is 2.23. The summed E-state index contributed by atoms with van der Waals surface area (Å²) in [4.78, 5) is 32.9. The van der Waals surface area contributed by atoms with Crippen LogP contribution in [0, 0.1) is 0 Å². The SMILES string of the molecule is C=C[N+](Cc1ccccc1)=c1ccc2c(-c3ccccc3C(=O)O)c3ccc([N+](=Cc4ccccc4)CCOC(C)=O)cc3oc-2c1.CC(=O)O. The lowest BCUT2D eigenvalue weighted by molar-refractivity contribution is -0.438. The molecule has 1 aliphatic carbocycles. The zero-order valence-electron chi connectivity index (χ0n) is 28.4. The van der Waals surface area contributed by atoms with Gasteiger partial charge < -0.3 is 19.4 Å². The van der Waals surface area contributed by atoms with Gasteiger partial charge in [0.2, 0.25) is 11.0 Å². The topological polar surface area (TPSA) is 120 Å².